The summed E-state index contributed by atoms with van der Waals surface area (Å²) in [4.78, 5) is 20.5. The third-order valence-corrected chi connectivity index (χ3v) is 7.00. The minimum absolute atomic E-state index is 0.0224. The molecule has 1 saturated carbocycles. The molecule has 3 atom stereocenters. The van der Waals surface area contributed by atoms with Crippen molar-refractivity contribution < 1.29 is 13.6 Å². The van der Waals surface area contributed by atoms with Crippen LogP contribution in [-0.2, 0) is 4.79 Å². The molecule has 2 aliphatic rings. The van der Waals surface area contributed by atoms with Gasteiger partial charge in [-0.2, -0.15) is 0 Å². The predicted octanol–water partition coefficient (Wildman–Crippen LogP) is 4.90. The van der Waals surface area contributed by atoms with Crippen LogP contribution in [-0.4, -0.2) is 20.7 Å². The Hall–Kier alpha value is -2.06. The number of pyridine rings is 1. The number of thioether (sulfide) groups is 1. The van der Waals surface area contributed by atoms with Gasteiger partial charge < -0.3 is 5.73 Å². The molecule has 28 heavy (non-hydrogen) atoms. The number of carbonyl (C=O) groups is 1. The smallest absolute Gasteiger partial charge is 0.155 e. The Morgan fingerprint density at radius 3 is 2.86 bits per heavy atom. The van der Waals surface area contributed by atoms with Crippen molar-refractivity contribution in [1.82, 2.24) is 4.98 Å². The number of hydrogen-bond donors (Lipinski definition) is 1. The van der Waals surface area contributed by atoms with Gasteiger partial charge in [0, 0.05) is 22.2 Å². The van der Waals surface area contributed by atoms with Crippen molar-refractivity contribution in [3.63, 3.8) is 0 Å². The van der Waals surface area contributed by atoms with E-state index in [1.807, 2.05) is 0 Å². The second-order valence-electron chi connectivity index (χ2n) is 6.91. The lowest BCUT2D eigenvalue weighted by molar-refractivity contribution is -0.117. The zero-order valence-electron chi connectivity index (χ0n) is 14.8. The van der Waals surface area contributed by atoms with E-state index in [-0.39, 0.29) is 22.6 Å². The molecule has 0 radical (unpaired) electrons. The van der Waals surface area contributed by atoms with Crippen molar-refractivity contribution in [3.8, 4) is 0 Å². The van der Waals surface area contributed by atoms with Gasteiger partial charge in [0.2, 0.25) is 0 Å². The number of nitrogens with zero attached hydrogens (tertiary/aromatic N) is 2. The van der Waals surface area contributed by atoms with Crippen LogP contribution in [0.15, 0.2) is 46.0 Å². The van der Waals surface area contributed by atoms with Crippen LogP contribution in [0.25, 0.3) is 11.9 Å². The van der Waals surface area contributed by atoms with Gasteiger partial charge in [0.15, 0.2) is 5.17 Å². The highest BCUT2D eigenvalue weighted by molar-refractivity contribution is 9.10. The minimum Gasteiger partial charge on any atom is -0.378 e. The molecule has 1 aliphatic carbocycles. The fraction of sp³-hybridized carbons (Fsp3) is 0.250. The Morgan fingerprint density at radius 1 is 1.39 bits per heavy atom. The third kappa shape index (κ3) is 3.39. The van der Waals surface area contributed by atoms with Crippen LogP contribution < -0.4 is 5.73 Å². The molecule has 2 aromatic rings. The van der Waals surface area contributed by atoms with Crippen LogP contribution in [0.4, 0.5) is 8.78 Å². The Bertz CT molecular complexity index is 1020. The summed E-state index contributed by atoms with van der Waals surface area (Å²) in [5, 5.41) is 0.277. The fourth-order valence-electron chi connectivity index (χ4n) is 3.57. The first-order valence-corrected chi connectivity index (χ1v) is 10.2. The van der Waals surface area contributed by atoms with E-state index in [4.69, 9.17) is 5.73 Å². The molecule has 144 valence electrons. The maximum atomic E-state index is 14.6. The molecule has 0 saturated heterocycles. The molecule has 4 nitrogen and oxygen atoms in total. The van der Waals surface area contributed by atoms with Gasteiger partial charge in [-0.05, 0) is 65.2 Å². The highest BCUT2D eigenvalue weighted by Gasteiger charge is 2.64. The van der Waals surface area contributed by atoms with E-state index >= 15 is 0 Å². The first-order chi connectivity index (χ1) is 13.3. The van der Waals surface area contributed by atoms with E-state index in [2.05, 4.69) is 25.9 Å². The topological polar surface area (TPSA) is 68.3 Å². The van der Waals surface area contributed by atoms with Crippen LogP contribution in [0.3, 0.4) is 0 Å². The molecular weight excluding hydrogens is 448 g/mol. The standard InChI is InChI=1S/C20H16BrF2N3OS/c1-10(27)20-8-14(20)18(26-19(24)28-20)13-6-11(2-4-15(13)22)7-16(23)17-5-3-12(21)9-25-17/h2-7,9,14,18H,8H2,1H3,(H2,24,26)/b16-7+. The number of benzene rings is 1. The van der Waals surface area contributed by atoms with E-state index in [1.54, 1.807) is 18.2 Å². The summed E-state index contributed by atoms with van der Waals surface area (Å²) in [6.07, 6.45) is 3.41. The van der Waals surface area contributed by atoms with Crippen molar-refractivity contribution >= 4 is 50.5 Å². The number of Topliss-reactive ketones (excluding diaryl/α,β-unsaturated/α-hetero) is 1. The number of amidine groups is 1. The number of hydrogen-bond acceptors (Lipinski definition) is 5. The quantitative estimate of drug-likeness (QED) is 0.699. The lowest BCUT2D eigenvalue weighted by Crippen LogP contribution is -2.30. The number of rotatable bonds is 4. The maximum Gasteiger partial charge on any atom is 0.155 e. The van der Waals surface area contributed by atoms with Crippen LogP contribution >= 0.6 is 27.7 Å². The second-order valence-corrected chi connectivity index (χ2v) is 9.17. The summed E-state index contributed by atoms with van der Waals surface area (Å²) in [5.41, 5.74) is 6.90. The summed E-state index contributed by atoms with van der Waals surface area (Å²) in [6.45, 7) is 1.53. The lowest BCUT2D eigenvalue weighted by atomic mass is 9.97. The zero-order valence-corrected chi connectivity index (χ0v) is 17.2. The van der Waals surface area contributed by atoms with Crippen LogP contribution in [0.2, 0.25) is 0 Å². The van der Waals surface area contributed by atoms with E-state index in [9.17, 15) is 13.6 Å². The van der Waals surface area contributed by atoms with Crippen LogP contribution in [0.1, 0.15) is 36.2 Å². The van der Waals surface area contributed by atoms with Gasteiger partial charge in [-0.15, -0.1) is 0 Å². The van der Waals surface area contributed by atoms with E-state index < -0.39 is 22.4 Å². The van der Waals surface area contributed by atoms with Crippen molar-refractivity contribution in [2.45, 2.75) is 24.1 Å². The Balaban J connectivity index is 1.68. The SMILES string of the molecule is CC(=O)C12CC1C(c1cc(/C=C(/F)c3ccc(Br)cn3)ccc1F)N=C(N)S2. The number of fused-ring (bicyclic) bond motifs is 1. The van der Waals surface area contributed by atoms with Gasteiger partial charge in [-0.3, -0.25) is 14.8 Å². The first-order valence-electron chi connectivity index (χ1n) is 8.62. The van der Waals surface area contributed by atoms with Crippen LogP contribution in [0, 0.1) is 11.7 Å². The predicted molar refractivity (Wildman–Crippen MR) is 111 cm³/mol. The molecule has 8 heteroatoms. The molecule has 3 unspecified atom stereocenters. The molecule has 1 aromatic heterocycles. The van der Waals surface area contributed by atoms with Crippen LogP contribution in [0.5, 0.6) is 0 Å². The summed E-state index contributed by atoms with van der Waals surface area (Å²) in [5.74, 6) is -1.06. The third-order valence-electron chi connectivity index (χ3n) is 5.10. The average Bonchev–Trinajstić information content (AvgIpc) is 3.39. The largest absolute Gasteiger partial charge is 0.378 e. The van der Waals surface area contributed by atoms with Gasteiger partial charge >= 0.3 is 0 Å². The van der Waals surface area contributed by atoms with E-state index in [0.717, 1.165) is 4.47 Å². The summed E-state index contributed by atoms with van der Waals surface area (Å²) in [6, 6.07) is 7.04. The van der Waals surface area contributed by atoms with Crippen molar-refractivity contribution in [2.75, 3.05) is 0 Å². The maximum absolute atomic E-state index is 14.6. The molecule has 0 spiro atoms. The Kier molecular flexibility index (Phi) is 4.87. The van der Waals surface area contributed by atoms with Gasteiger partial charge in [0.25, 0.3) is 0 Å². The highest BCUT2D eigenvalue weighted by atomic mass is 79.9. The normalized spacial score (nSPS) is 26.4. The molecule has 1 aromatic carbocycles. The molecule has 2 heterocycles. The molecule has 0 amide bonds. The molecule has 4 rings (SSSR count). The number of aromatic nitrogens is 1. The first kappa shape index (κ1) is 19.3. The Labute approximate surface area is 173 Å². The number of nitrogens with two attached hydrogens (primary N) is 1. The second kappa shape index (κ2) is 7.08. The molecule has 2 N–H and O–H groups in total. The number of aliphatic imine (C=N–C) groups is 1. The summed E-state index contributed by atoms with van der Waals surface area (Å²) in [7, 11) is 0. The van der Waals surface area contributed by atoms with Gasteiger partial charge in [-0.25, -0.2) is 8.78 Å². The monoisotopic (exact) mass is 463 g/mol. The van der Waals surface area contributed by atoms with Crippen molar-refractivity contribution in [3.05, 3.63) is 63.6 Å². The zero-order chi connectivity index (χ0) is 20.1. The molecule has 0 bridgehead atoms. The van der Waals surface area contributed by atoms with E-state index in [0.29, 0.717) is 17.5 Å². The lowest BCUT2D eigenvalue weighted by Gasteiger charge is -2.24. The Morgan fingerprint density at radius 2 is 2.18 bits per heavy atom. The summed E-state index contributed by atoms with van der Waals surface area (Å²) < 4.78 is 29.2. The van der Waals surface area contributed by atoms with Crippen molar-refractivity contribution in [2.24, 2.45) is 16.6 Å². The van der Waals surface area contributed by atoms with Crippen molar-refractivity contribution in [1.29, 1.82) is 0 Å². The van der Waals surface area contributed by atoms with Gasteiger partial charge in [0.1, 0.15) is 17.4 Å². The van der Waals surface area contributed by atoms with Gasteiger partial charge in [0.05, 0.1) is 16.5 Å². The average molecular weight is 464 g/mol. The van der Waals surface area contributed by atoms with Gasteiger partial charge in [-0.1, -0.05) is 17.8 Å². The fourth-order valence-corrected chi connectivity index (χ4v) is 5.03. The highest BCUT2D eigenvalue weighted by Crippen LogP contribution is 2.63. The van der Waals surface area contributed by atoms with E-state index in [1.165, 1.54) is 43.1 Å². The molecule has 1 aliphatic heterocycles. The number of ketones is 1. The summed E-state index contributed by atoms with van der Waals surface area (Å²) >= 11 is 4.52. The molecular formula is C20H16BrF2N3OS. The minimum atomic E-state index is -0.610. The number of halogens is 3. The number of carbonyl (C=O) groups excluding carboxylic acids is 1. The molecule has 1 fully saturated rings.